The van der Waals surface area contributed by atoms with E-state index in [0.29, 0.717) is 10.0 Å². The van der Waals surface area contributed by atoms with Crippen molar-refractivity contribution in [2.45, 2.75) is 6.54 Å². The number of hydrogen-bond donors (Lipinski definition) is 2. The van der Waals surface area contributed by atoms with E-state index < -0.39 is 5.91 Å². The summed E-state index contributed by atoms with van der Waals surface area (Å²) in [5.74, 6) is -0.899. The first kappa shape index (κ1) is 11.6. The molecule has 0 aliphatic rings. The van der Waals surface area contributed by atoms with Crippen LogP contribution in [-0.4, -0.2) is 26.5 Å². The predicted octanol–water partition coefficient (Wildman–Crippen LogP) is 1.03. The molecule has 17 heavy (non-hydrogen) atoms. The molecule has 88 valence electrons. The van der Waals surface area contributed by atoms with Crippen molar-refractivity contribution >= 4 is 21.8 Å². The Morgan fingerprint density at radius 1 is 1.53 bits per heavy atom. The van der Waals surface area contributed by atoms with Gasteiger partial charge in [-0.2, -0.15) is 5.21 Å². The lowest BCUT2D eigenvalue weighted by molar-refractivity contribution is 0.0940. The lowest BCUT2D eigenvalue weighted by atomic mass is 10.2. The van der Waals surface area contributed by atoms with Crippen molar-refractivity contribution < 1.29 is 9.18 Å². The van der Waals surface area contributed by atoms with Crippen LogP contribution in [0.25, 0.3) is 0 Å². The molecule has 2 N–H and O–H groups in total. The fraction of sp³-hybridized carbons (Fsp3) is 0.111. The molecule has 0 bridgehead atoms. The number of carbonyl (C=O) groups is 1. The minimum Gasteiger partial charge on any atom is -0.345 e. The summed E-state index contributed by atoms with van der Waals surface area (Å²) in [7, 11) is 0. The van der Waals surface area contributed by atoms with E-state index in [-0.39, 0.29) is 18.2 Å². The second-order valence-corrected chi connectivity index (χ2v) is 4.01. The minimum absolute atomic E-state index is 0.0578. The van der Waals surface area contributed by atoms with Gasteiger partial charge in [-0.3, -0.25) is 4.79 Å². The SMILES string of the molecule is O=C(NCc1cc(F)ccc1Br)c1nn[nH]n1. The molecule has 0 aliphatic heterocycles. The molecule has 0 radical (unpaired) electrons. The summed E-state index contributed by atoms with van der Waals surface area (Å²) in [5.41, 5.74) is 0.627. The standard InChI is InChI=1S/C9H7BrFN5O/c10-7-2-1-6(11)3-5(7)4-12-9(17)8-13-15-16-14-8/h1-3H,4H2,(H,12,17)(H,13,14,15,16). The number of hydrogen-bond acceptors (Lipinski definition) is 4. The van der Waals surface area contributed by atoms with E-state index in [4.69, 9.17) is 0 Å². The van der Waals surface area contributed by atoms with Crippen molar-refractivity contribution in [3.05, 3.63) is 39.9 Å². The van der Waals surface area contributed by atoms with Gasteiger partial charge in [0, 0.05) is 11.0 Å². The maximum absolute atomic E-state index is 13.0. The molecule has 0 fully saturated rings. The normalized spacial score (nSPS) is 10.2. The van der Waals surface area contributed by atoms with E-state index in [1.165, 1.54) is 12.1 Å². The predicted molar refractivity (Wildman–Crippen MR) is 59.4 cm³/mol. The lowest BCUT2D eigenvalue weighted by Crippen LogP contribution is -2.24. The second-order valence-electron chi connectivity index (χ2n) is 3.15. The number of halogens is 2. The number of H-pyrrole nitrogens is 1. The summed E-state index contributed by atoms with van der Waals surface area (Å²) < 4.78 is 13.7. The van der Waals surface area contributed by atoms with Gasteiger partial charge in [0.2, 0.25) is 0 Å². The number of nitrogens with zero attached hydrogens (tertiary/aromatic N) is 3. The summed E-state index contributed by atoms with van der Waals surface area (Å²) in [5, 5.41) is 15.0. The molecule has 1 heterocycles. The van der Waals surface area contributed by atoms with Crippen LogP contribution >= 0.6 is 15.9 Å². The van der Waals surface area contributed by atoms with Crippen LogP contribution in [0, 0.1) is 5.82 Å². The van der Waals surface area contributed by atoms with Crippen molar-refractivity contribution in [2.24, 2.45) is 0 Å². The fourth-order valence-electron chi connectivity index (χ4n) is 1.19. The molecule has 1 aromatic carbocycles. The summed E-state index contributed by atoms with van der Waals surface area (Å²) in [6, 6.07) is 4.24. The summed E-state index contributed by atoms with van der Waals surface area (Å²) >= 11 is 3.26. The lowest BCUT2D eigenvalue weighted by Gasteiger charge is -2.05. The highest BCUT2D eigenvalue weighted by molar-refractivity contribution is 9.10. The van der Waals surface area contributed by atoms with Gasteiger partial charge < -0.3 is 5.32 Å². The summed E-state index contributed by atoms with van der Waals surface area (Å²) in [6.07, 6.45) is 0. The van der Waals surface area contributed by atoms with Crippen LogP contribution in [0.1, 0.15) is 16.2 Å². The first-order valence-electron chi connectivity index (χ1n) is 4.62. The van der Waals surface area contributed by atoms with E-state index in [1.54, 1.807) is 6.07 Å². The Kier molecular flexibility index (Phi) is 3.43. The van der Waals surface area contributed by atoms with Crippen molar-refractivity contribution in [3.63, 3.8) is 0 Å². The van der Waals surface area contributed by atoms with Crippen LogP contribution < -0.4 is 5.32 Å². The number of carbonyl (C=O) groups excluding carboxylic acids is 1. The molecule has 8 heteroatoms. The minimum atomic E-state index is -0.477. The van der Waals surface area contributed by atoms with Crippen LogP contribution in [0.15, 0.2) is 22.7 Å². The van der Waals surface area contributed by atoms with Crippen molar-refractivity contribution in [2.75, 3.05) is 0 Å². The maximum Gasteiger partial charge on any atom is 0.293 e. The van der Waals surface area contributed by atoms with Gasteiger partial charge in [0.1, 0.15) is 5.82 Å². The zero-order valence-corrected chi connectivity index (χ0v) is 10.0. The third-order valence-corrected chi connectivity index (χ3v) is 2.77. The first-order chi connectivity index (χ1) is 8.16. The Balaban J connectivity index is 2.03. The maximum atomic E-state index is 13.0. The third-order valence-electron chi connectivity index (χ3n) is 2.00. The Hall–Kier alpha value is -1.83. The fourth-order valence-corrected chi connectivity index (χ4v) is 1.58. The van der Waals surface area contributed by atoms with E-state index in [0.717, 1.165) is 0 Å². The van der Waals surface area contributed by atoms with Gasteiger partial charge >= 0.3 is 0 Å². The summed E-state index contributed by atoms with van der Waals surface area (Å²) in [4.78, 5) is 11.5. The van der Waals surface area contributed by atoms with Gasteiger partial charge in [0.15, 0.2) is 0 Å². The molecular weight excluding hydrogens is 293 g/mol. The van der Waals surface area contributed by atoms with Crippen molar-refractivity contribution in [1.82, 2.24) is 25.9 Å². The average molecular weight is 300 g/mol. The smallest absolute Gasteiger partial charge is 0.293 e. The Morgan fingerprint density at radius 2 is 2.35 bits per heavy atom. The monoisotopic (exact) mass is 299 g/mol. The number of amides is 1. The van der Waals surface area contributed by atoms with Gasteiger partial charge in [-0.25, -0.2) is 4.39 Å². The topological polar surface area (TPSA) is 83.6 Å². The highest BCUT2D eigenvalue weighted by Gasteiger charge is 2.10. The number of tetrazole rings is 1. The Labute approximate surface area is 104 Å². The van der Waals surface area contributed by atoms with E-state index >= 15 is 0 Å². The van der Waals surface area contributed by atoms with E-state index in [1.807, 2.05) is 0 Å². The van der Waals surface area contributed by atoms with Gasteiger partial charge in [0.25, 0.3) is 11.7 Å². The molecule has 0 spiro atoms. The van der Waals surface area contributed by atoms with Crippen molar-refractivity contribution in [1.29, 1.82) is 0 Å². The number of nitrogens with one attached hydrogen (secondary N) is 2. The second kappa shape index (κ2) is 5.00. The zero-order valence-electron chi connectivity index (χ0n) is 8.44. The average Bonchev–Trinajstić information content (AvgIpc) is 2.83. The first-order valence-corrected chi connectivity index (χ1v) is 5.41. The molecule has 6 nitrogen and oxygen atoms in total. The molecule has 0 atom stereocenters. The molecule has 1 amide bonds. The largest absolute Gasteiger partial charge is 0.345 e. The number of rotatable bonds is 3. The van der Waals surface area contributed by atoms with E-state index in [9.17, 15) is 9.18 Å². The van der Waals surface area contributed by atoms with Crippen LogP contribution in [-0.2, 0) is 6.54 Å². The van der Waals surface area contributed by atoms with Crippen LogP contribution in [0.5, 0.6) is 0 Å². The van der Waals surface area contributed by atoms with Crippen LogP contribution in [0.4, 0.5) is 4.39 Å². The molecule has 0 saturated heterocycles. The zero-order chi connectivity index (χ0) is 12.3. The number of aromatic nitrogens is 4. The highest BCUT2D eigenvalue weighted by atomic mass is 79.9. The van der Waals surface area contributed by atoms with Gasteiger partial charge in [-0.05, 0) is 29.0 Å². The molecule has 0 saturated carbocycles. The number of aromatic amines is 1. The van der Waals surface area contributed by atoms with Gasteiger partial charge in [0.05, 0.1) is 0 Å². The van der Waals surface area contributed by atoms with Crippen LogP contribution in [0.2, 0.25) is 0 Å². The van der Waals surface area contributed by atoms with Gasteiger partial charge in [-0.1, -0.05) is 15.9 Å². The Bertz CT molecular complexity index is 530. The molecule has 0 aliphatic carbocycles. The molecule has 1 aromatic heterocycles. The Morgan fingerprint density at radius 3 is 3.06 bits per heavy atom. The quantitative estimate of drug-likeness (QED) is 0.887. The molecular formula is C9H7BrFN5O. The molecule has 0 unspecified atom stereocenters. The highest BCUT2D eigenvalue weighted by Crippen LogP contribution is 2.17. The molecule has 2 aromatic rings. The van der Waals surface area contributed by atoms with Crippen LogP contribution in [0.3, 0.4) is 0 Å². The van der Waals surface area contributed by atoms with E-state index in [2.05, 4.69) is 41.9 Å². The third kappa shape index (κ3) is 2.84. The number of benzene rings is 1. The van der Waals surface area contributed by atoms with Crippen molar-refractivity contribution in [3.8, 4) is 0 Å². The van der Waals surface area contributed by atoms with Gasteiger partial charge in [-0.15, -0.1) is 10.2 Å². The molecule has 2 rings (SSSR count). The summed E-state index contributed by atoms with van der Waals surface area (Å²) in [6.45, 7) is 0.172.